The number of rotatable bonds is 3. The van der Waals surface area contributed by atoms with E-state index in [4.69, 9.17) is 9.47 Å². The maximum absolute atomic E-state index is 6.14. The minimum absolute atomic E-state index is 0.0721. The van der Waals surface area contributed by atoms with Crippen LogP contribution in [0.5, 0.6) is 0 Å². The van der Waals surface area contributed by atoms with E-state index in [2.05, 4.69) is 29.9 Å². The van der Waals surface area contributed by atoms with Crippen LogP contribution in [0, 0.1) is 6.92 Å². The number of pyridine rings is 1. The lowest BCUT2D eigenvalue weighted by molar-refractivity contribution is -0.150. The van der Waals surface area contributed by atoms with Gasteiger partial charge in [0.2, 0.25) is 0 Å². The Labute approximate surface area is 127 Å². The number of ether oxygens (including phenoxy) is 2. The highest BCUT2D eigenvalue weighted by atomic mass is 16.5. The van der Waals surface area contributed by atoms with Gasteiger partial charge in [-0.2, -0.15) is 0 Å². The molecule has 4 heteroatoms. The summed E-state index contributed by atoms with van der Waals surface area (Å²) in [5.41, 5.74) is 2.72. The molecule has 2 fully saturated rings. The second-order valence-corrected chi connectivity index (χ2v) is 6.51. The summed E-state index contributed by atoms with van der Waals surface area (Å²) in [6.07, 6.45) is 8.20. The van der Waals surface area contributed by atoms with Crippen LogP contribution in [0.15, 0.2) is 18.5 Å². The molecule has 116 valence electrons. The normalized spacial score (nSPS) is 25.4. The van der Waals surface area contributed by atoms with Crippen LogP contribution in [0.3, 0.4) is 0 Å². The Balaban J connectivity index is 1.64. The van der Waals surface area contributed by atoms with Crippen molar-refractivity contribution in [3.8, 4) is 0 Å². The van der Waals surface area contributed by atoms with Crippen molar-refractivity contribution >= 4 is 0 Å². The summed E-state index contributed by atoms with van der Waals surface area (Å²) in [6, 6.07) is 2.74. The molecule has 0 aliphatic carbocycles. The quantitative estimate of drug-likeness (QED) is 0.857. The van der Waals surface area contributed by atoms with Crippen molar-refractivity contribution in [1.82, 2.24) is 9.88 Å². The van der Waals surface area contributed by atoms with Crippen LogP contribution >= 0.6 is 0 Å². The fourth-order valence-corrected chi connectivity index (χ4v) is 3.55. The number of aromatic nitrogens is 1. The van der Waals surface area contributed by atoms with E-state index in [0.717, 1.165) is 52.0 Å². The first-order valence-corrected chi connectivity index (χ1v) is 8.00. The van der Waals surface area contributed by atoms with Crippen molar-refractivity contribution in [2.45, 2.75) is 50.8 Å². The molecular formula is C17H26N2O2. The molecule has 0 radical (unpaired) electrons. The van der Waals surface area contributed by atoms with Crippen LogP contribution in [-0.2, 0) is 16.0 Å². The van der Waals surface area contributed by atoms with Gasteiger partial charge in [0.15, 0.2) is 0 Å². The van der Waals surface area contributed by atoms with Gasteiger partial charge in [-0.05, 0) is 56.8 Å². The summed E-state index contributed by atoms with van der Waals surface area (Å²) in [5, 5.41) is 0. The third-order valence-electron chi connectivity index (χ3n) is 5.05. The van der Waals surface area contributed by atoms with E-state index < -0.39 is 0 Å². The molecule has 1 unspecified atom stereocenters. The summed E-state index contributed by atoms with van der Waals surface area (Å²) >= 11 is 0. The van der Waals surface area contributed by atoms with Crippen molar-refractivity contribution in [1.29, 1.82) is 0 Å². The second-order valence-electron chi connectivity index (χ2n) is 6.51. The van der Waals surface area contributed by atoms with Crippen LogP contribution < -0.4 is 0 Å². The van der Waals surface area contributed by atoms with Crippen LogP contribution in [0.1, 0.15) is 36.8 Å². The Bertz CT molecular complexity index is 466. The third-order valence-corrected chi connectivity index (χ3v) is 5.05. The van der Waals surface area contributed by atoms with Gasteiger partial charge in [0.25, 0.3) is 0 Å². The zero-order valence-corrected chi connectivity index (χ0v) is 13.2. The zero-order chi connectivity index (χ0) is 14.7. The van der Waals surface area contributed by atoms with Crippen molar-refractivity contribution in [2.24, 2.45) is 0 Å². The molecule has 1 aromatic heterocycles. The predicted molar refractivity (Wildman–Crippen MR) is 82.2 cm³/mol. The van der Waals surface area contributed by atoms with Gasteiger partial charge >= 0.3 is 0 Å². The molecule has 1 aromatic rings. The summed E-state index contributed by atoms with van der Waals surface area (Å²) in [6.45, 7) is 5.70. The van der Waals surface area contributed by atoms with E-state index in [1.165, 1.54) is 11.1 Å². The van der Waals surface area contributed by atoms with Crippen LogP contribution in [0.4, 0.5) is 0 Å². The SMILES string of the molecule is Cc1cnccc1CN(C)C1CCOC2(CCOCC2)C1. The molecule has 3 rings (SSSR count). The lowest BCUT2D eigenvalue weighted by atomic mass is 9.83. The minimum atomic E-state index is 0.0721. The highest BCUT2D eigenvalue weighted by Gasteiger charge is 2.40. The van der Waals surface area contributed by atoms with Crippen LogP contribution in [0.25, 0.3) is 0 Å². The maximum Gasteiger partial charge on any atom is 0.0741 e. The summed E-state index contributed by atoms with van der Waals surface area (Å²) < 4.78 is 11.6. The average Bonchev–Trinajstić information content (AvgIpc) is 2.50. The topological polar surface area (TPSA) is 34.6 Å². The molecule has 4 nitrogen and oxygen atoms in total. The van der Waals surface area contributed by atoms with E-state index in [1.54, 1.807) is 0 Å². The van der Waals surface area contributed by atoms with Crippen molar-refractivity contribution in [2.75, 3.05) is 26.9 Å². The van der Waals surface area contributed by atoms with Crippen molar-refractivity contribution in [3.63, 3.8) is 0 Å². The van der Waals surface area contributed by atoms with Gasteiger partial charge in [-0.25, -0.2) is 0 Å². The third kappa shape index (κ3) is 3.44. The smallest absolute Gasteiger partial charge is 0.0741 e. The molecular weight excluding hydrogens is 264 g/mol. The number of aryl methyl sites for hydroxylation is 1. The van der Waals surface area contributed by atoms with E-state index >= 15 is 0 Å². The minimum Gasteiger partial charge on any atom is -0.381 e. The molecule has 2 saturated heterocycles. The second kappa shape index (κ2) is 6.42. The molecule has 0 amide bonds. The summed E-state index contributed by atoms with van der Waals surface area (Å²) in [5.74, 6) is 0. The first kappa shape index (κ1) is 14.9. The van der Waals surface area contributed by atoms with Gasteiger partial charge in [0.1, 0.15) is 0 Å². The lowest BCUT2D eigenvalue weighted by Gasteiger charge is -2.45. The molecule has 0 saturated carbocycles. The van der Waals surface area contributed by atoms with Crippen LogP contribution in [-0.4, -0.2) is 48.4 Å². The van der Waals surface area contributed by atoms with E-state index in [0.29, 0.717) is 6.04 Å². The highest BCUT2D eigenvalue weighted by molar-refractivity contribution is 5.21. The molecule has 2 aliphatic heterocycles. The Morgan fingerprint density at radius 3 is 2.90 bits per heavy atom. The Kier molecular flexibility index (Phi) is 4.57. The molecule has 0 bridgehead atoms. The fourth-order valence-electron chi connectivity index (χ4n) is 3.55. The molecule has 2 aliphatic rings. The van der Waals surface area contributed by atoms with Gasteiger partial charge in [0.05, 0.1) is 5.60 Å². The first-order chi connectivity index (χ1) is 10.2. The largest absolute Gasteiger partial charge is 0.381 e. The van der Waals surface area contributed by atoms with E-state index in [1.807, 2.05) is 12.4 Å². The Morgan fingerprint density at radius 2 is 2.14 bits per heavy atom. The van der Waals surface area contributed by atoms with E-state index in [-0.39, 0.29) is 5.60 Å². The lowest BCUT2D eigenvalue weighted by Crippen LogP contribution is -2.50. The predicted octanol–water partition coefficient (Wildman–Crippen LogP) is 2.55. The zero-order valence-electron chi connectivity index (χ0n) is 13.2. The first-order valence-electron chi connectivity index (χ1n) is 8.00. The molecule has 0 N–H and O–H groups in total. The molecule has 3 heterocycles. The summed E-state index contributed by atoms with van der Waals surface area (Å²) in [4.78, 5) is 6.67. The molecule has 21 heavy (non-hydrogen) atoms. The van der Waals surface area contributed by atoms with Gasteiger partial charge in [-0.15, -0.1) is 0 Å². The molecule has 1 atom stereocenters. The van der Waals surface area contributed by atoms with Crippen molar-refractivity contribution < 1.29 is 9.47 Å². The van der Waals surface area contributed by atoms with Crippen LogP contribution in [0.2, 0.25) is 0 Å². The van der Waals surface area contributed by atoms with E-state index in [9.17, 15) is 0 Å². The number of hydrogen-bond donors (Lipinski definition) is 0. The number of nitrogens with zero attached hydrogens (tertiary/aromatic N) is 2. The summed E-state index contributed by atoms with van der Waals surface area (Å²) in [7, 11) is 2.24. The Hall–Kier alpha value is -0.970. The molecule has 1 spiro atoms. The van der Waals surface area contributed by atoms with Gasteiger partial charge in [-0.1, -0.05) is 0 Å². The van der Waals surface area contributed by atoms with Gasteiger partial charge < -0.3 is 9.47 Å². The monoisotopic (exact) mass is 290 g/mol. The fraction of sp³-hybridized carbons (Fsp3) is 0.706. The molecule has 0 aromatic carbocycles. The maximum atomic E-state index is 6.14. The highest BCUT2D eigenvalue weighted by Crippen LogP contribution is 2.36. The standard InChI is InChI=1S/C17H26N2O2/c1-14-12-18-7-3-15(14)13-19(2)16-4-8-21-17(11-16)5-9-20-10-6-17/h3,7,12,16H,4-6,8-11,13H2,1-2H3. The van der Waals surface area contributed by atoms with Crippen molar-refractivity contribution in [3.05, 3.63) is 29.6 Å². The van der Waals surface area contributed by atoms with Gasteiger partial charge in [0, 0.05) is 44.8 Å². The number of hydrogen-bond acceptors (Lipinski definition) is 4. The van der Waals surface area contributed by atoms with Gasteiger partial charge in [-0.3, -0.25) is 9.88 Å². The average molecular weight is 290 g/mol. The Morgan fingerprint density at radius 1 is 1.33 bits per heavy atom.